The lowest BCUT2D eigenvalue weighted by atomic mass is 9.84. The van der Waals surface area contributed by atoms with Crippen molar-refractivity contribution in [3.63, 3.8) is 0 Å². The second-order valence-corrected chi connectivity index (χ2v) is 7.98. The third-order valence-corrected chi connectivity index (χ3v) is 6.03. The zero-order valence-electron chi connectivity index (χ0n) is 17.4. The number of aromatic amines is 1. The van der Waals surface area contributed by atoms with Crippen LogP contribution in [0.15, 0.2) is 58.8 Å². The fourth-order valence-corrected chi connectivity index (χ4v) is 4.39. The molecular weight excluding hydrogens is 431 g/mol. The topological polar surface area (TPSA) is 107 Å². The molecule has 3 aromatic rings. The summed E-state index contributed by atoms with van der Waals surface area (Å²) in [5.74, 6) is -0.470. The minimum absolute atomic E-state index is 0.255. The number of hydrogen-bond acceptors (Lipinski definition) is 7. The molecular formula is C23H19FN4O5. The third-order valence-electron chi connectivity index (χ3n) is 6.03. The molecule has 10 heteroatoms. The minimum atomic E-state index is -0.710. The number of carbonyl (C=O) groups is 1. The van der Waals surface area contributed by atoms with Gasteiger partial charge in [0, 0.05) is 16.5 Å². The number of benzene rings is 2. The van der Waals surface area contributed by atoms with Gasteiger partial charge in [0.2, 0.25) is 0 Å². The number of aromatic nitrogens is 1. The lowest BCUT2D eigenvalue weighted by Gasteiger charge is -2.30. The largest absolute Gasteiger partial charge is 0.497 e. The third kappa shape index (κ3) is 3.35. The van der Waals surface area contributed by atoms with Crippen LogP contribution in [0.4, 0.5) is 4.39 Å². The quantitative estimate of drug-likeness (QED) is 0.595. The van der Waals surface area contributed by atoms with Gasteiger partial charge >= 0.3 is 0 Å². The van der Waals surface area contributed by atoms with Crippen LogP contribution in [0.3, 0.4) is 0 Å². The number of hydrogen-bond donors (Lipinski definition) is 2. The van der Waals surface area contributed by atoms with Crippen molar-refractivity contribution in [3.05, 3.63) is 65.6 Å². The smallest absolute Gasteiger partial charge is 0.287 e. The van der Waals surface area contributed by atoms with Crippen molar-refractivity contribution < 1.29 is 28.2 Å². The molecule has 2 N–H and O–H groups in total. The average molecular weight is 450 g/mol. The van der Waals surface area contributed by atoms with Crippen molar-refractivity contribution in [2.45, 2.75) is 18.5 Å². The van der Waals surface area contributed by atoms with E-state index in [4.69, 9.17) is 19.0 Å². The normalized spacial score (nSPS) is 26.7. The SMILES string of the molecule is COc1ccc(C2=NO[C@H]3C4CO[C@H](O4)/C(=N\NC(=O)c4cc5cc(F)ccc5[nH]4)C23)cc1. The molecule has 1 aromatic heterocycles. The van der Waals surface area contributed by atoms with E-state index in [1.54, 1.807) is 19.2 Å². The van der Waals surface area contributed by atoms with E-state index in [-0.39, 0.29) is 23.5 Å². The van der Waals surface area contributed by atoms with E-state index >= 15 is 0 Å². The average Bonchev–Trinajstić information content (AvgIpc) is 3.56. The van der Waals surface area contributed by atoms with Crippen LogP contribution in [0.5, 0.6) is 5.75 Å². The number of methoxy groups -OCH3 is 1. The Morgan fingerprint density at radius 3 is 2.91 bits per heavy atom. The van der Waals surface area contributed by atoms with Crippen LogP contribution in [-0.2, 0) is 14.3 Å². The lowest BCUT2D eigenvalue weighted by molar-refractivity contribution is -0.0812. The number of hydrazone groups is 1. The van der Waals surface area contributed by atoms with Gasteiger partial charge in [-0.05, 0) is 48.5 Å². The Labute approximate surface area is 187 Å². The van der Waals surface area contributed by atoms with E-state index < -0.39 is 18.3 Å². The molecule has 9 nitrogen and oxygen atoms in total. The summed E-state index contributed by atoms with van der Waals surface area (Å²) in [6, 6.07) is 13.3. The minimum Gasteiger partial charge on any atom is -0.497 e. The molecule has 33 heavy (non-hydrogen) atoms. The molecule has 2 fully saturated rings. The highest BCUT2D eigenvalue weighted by Gasteiger charge is 2.55. The predicted octanol–water partition coefficient (Wildman–Crippen LogP) is 2.58. The molecule has 0 radical (unpaired) electrons. The molecule has 1 amide bonds. The number of oxime groups is 1. The number of carbonyl (C=O) groups excluding carboxylic acids is 1. The number of amides is 1. The number of fused-ring (bicyclic) bond motifs is 5. The van der Waals surface area contributed by atoms with Gasteiger partial charge in [0.1, 0.15) is 29.1 Å². The van der Waals surface area contributed by atoms with Gasteiger partial charge in [-0.15, -0.1) is 0 Å². The number of H-pyrrole nitrogens is 1. The number of halogens is 1. The van der Waals surface area contributed by atoms with E-state index in [2.05, 4.69) is 20.7 Å². The first-order valence-electron chi connectivity index (χ1n) is 10.4. The van der Waals surface area contributed by atoms with E-state index in [9.17, 15) is 9.18 Å². The van der Waals surface area contributed by atoms with Crippen LogP contribution in [0.1, 0.15) is 16.1 Å². The van der Waals surface area contributed by atoms with E-state index in [1.807, 2.05) is 24.3 Å². The monoisotopic (exact) mass is 450 g/mol. The Morgan fingerprint density at radius 1 is 1.24 bits per heavy atom. The zero-order chi connectivity index (χ0) is 22.5. The van der Waals surface area contributed by atoms with Gasteiger partial charge in [-0.1, -0.05) is 5.16 Å². The summed E-state index contributed by atoms with van der Waals surface area (Å²) in [5, 5.41) is 9.26. The highest BCUT2D eigenvalue weighted by molar-refractivity contribution is 6.17. The fraction of sp³-hybridized carbons (Fsp3) is 0.261. The molecule has 2 saturated heterocycles. The zero-order valence-corrected chi connectivity index (χ0v) is 17.4. The second-order valence-electron chi connectivity index (χ2n) is 7.98. The molecule has 4 atom stereocenters. The van der Waals surface area contributed by atoms with Gasteiger partial charge in [0.05, 0.1) is 25.3 Å². The summed E-state index contributed by atoms with van der Waals surface area (Å²) in [6.07, 6.45) is -1.40. The molecule has 0 spiro atoms. The maximum absolute atomic E-state index is 13.5. The van der Waals surface area contributed by atoms with Crippen LogP contribution >= 0.6 is 0 Å². The van der Waals surface area contributed by atoms with Gasteiger partial charge < -0.3 is 24.0 Å². The van der Waals surface area contributed by atoms with Gasteiger partial charge in [0.25, 0.3) is 5.91 Å². The molecule has 2 unspecified atom stereocenters. The Morgan fingerprint density at radius 2 is 2.09 bits per heavy atom. The van der Waals surface area contributed by atoms with E-state index in [0.29, 0.717) is 28.9 Å². The number of nitrogens with one attached hydrogen (secondary N) is 2. The molecule has 168 valence electrons. The van der Waals surface area contributed by atoms with Crippen molar-refractivity contribution in [3.8, 4) is 5.75 Å². The summed E-state index contributed by atoms with van der Waals surface area (Å²) in [7, 11) is 1.60. The Hall–Kier alpha value is -3.76. The number of rotatable bonds is 4. The summed E-state index contributed by atoms with van der Waals surface area (Å²) in [5.41, 5.74) is 5.46. The summed E-state index contributed by atoms with van der Waals surface area (Å²) in [6.45, 7) is 0.345. The molecule has 0 saturated carbocycles. The summed E-state index contributed by atoms with van der Waals surface area (Å²) in [4.78, 5) is 21.4. The lowest BCUT2D eigenvalue weighted by Crippen LogP contribution is -2.49. The van der Waals surface area contributed by atoms with Crippen LogP contribution in [0, 0.1) is 11.7 Å². The van der Waals surface area contributed by atoms with Crippen molar-refractivity contribution >= 4 is 28.2 Å². The first kappa shape index (κ1) is 19.9. The van der Waals surface area contributed by atoms with Gasteiger partial charge in [-0.25, -0.2) is 9.82 Å². The van der Waals surface area contributed by atoms with Gasteiger partial charge in [0.15, 0.2) is 12.4 Å². The number of nitrogens with zero attached hydrogens (tertiary/aromatic N) is 2. The summed E-state index contributed by atoms with van der Waals surface area (Å²) < 4.78 is 30.3. The second kappa shape index (κ2) is 7.68. The van der Waals surface area contributed by atoms with Gasteiger partial charge in [-0.3, -0.25) is 4.79 Å². The molecule has 3 aliphatic heterocycles. The number of ether oxygens (including phenoxy) is 3. The highest BCUT2D eigenvalue weighted by Crippen LogP contribution is 2.38. The van der Waals surface area contributed by atoms with Crippen LogP contribution < -0.4 is 10.2 Å². The van der Waals surface area contributed by atoms with Crippen LogP contribution in [-0.4, -0.2) is 54.5 Å². The van der Waals surface area contributed by atoms with Crippen LogP contribution in [0.2, 0.25) is 0 Å². The Bertz CT molecular complexity index is 1300. The van der Waals surface area contributed by atoms with Gasteiger partial charge in [-0.2, -0.15) is 5.10 Å². The maximum atomic E-state index is 13.5. The van der Waals surface area contributed by atoms with Crippen molar-refractivity contribution in [1.82, 2.24) is 10.4 Å². The molecule has 6 rings (SSSR count). The fourth-order valence-electron chi connectivity index (χ4n) is 4.39. The molecule has 4 heterocycles. The highest BCUT2D eigenvalue weighted by atomic mass is 19.1. The molecule has 0 aliphatic carbocycles. The summed E-state index contributed by atoms with van der Waals surface area (Å²) >= 11 is 0. The first-order chi connectivity index (χ1) is 16.1. The van der Waals surface area contributed by atoms with E-state index in [0.717, 1.165) is 11.3 Å². The van der Waals surface area contributed by atoms with Crippen molar-refractivity contribution in [2.75, 3.05) is 13.7 Å². The van der Waals surface area contributed by atoms with E-state index in [1.165, 1.54) is 12.1 Å². The Kier molecular flexibility index (Phi) is 4.63. The maximum Gasteiger partial charge on any atom is 0.287 e. The van der Waals surface area contributed by atoms with Crippen molar-refractivity contribution in [2.24, 2.45) is 16.2 Å². The first-order valence-corrected chi connectivity index (χ1v) is 10.4. The molecule has 2 bridgehead atoms. The van der Waals surface area contributed by atoms with Crippen molar-refractivity contribution in [1.29, 1.82) is 0 Å². The predicted molar refractivity (Wildman–Crippen MR) is 116 cm³/mol. The Balaban J connectivity index is 1.29. The van der Waals surface area contributed by atoms with Crippen LogP contribution in [0.25, 0.3) is 10.9 Å². The molecule has 2 aromatic carbocycles. The standard InChI is InChI=1S/C23H19FN4O5/c1-30-14-5-2-11(3-6-14)19-18-20(23-31-10-17(32-23)21(18)33-28-19)26-27-22(29)16-9-12-8-13(24)4-7-15(12)25-16/h2-9,17-18,21,23,25H,10H2,1H3,(H,27,29)/b26-20-/t17?,18?,21-,23+/m0/s1. The molecule has 3 aliphatic rings.